The highest BCUT2D eigenvalue weighted by Gasteiger charge is 2.06. The van der Waals surface area contributed by atoms with E-state index < -0.39 is 0 Å². The lowest BCUT2D eigenvalue weighted by Crippen LogP contribution is -2.09. The first-order chi connectivity index (χ1) is 8.97. The molecule has 2 rings (SSSR count). The Morgan fingerprint density at radius 3 is 2.37 bits per heavy atom. The van der Waals surface area contributed by atoms with E-state index in [1.54, 1.807) is 18.2 Å². The zero-order valence-electron chi connectivity index (χ0n) is 9.58. The molecule has 19 heavy (non-hydrogen) atoms. The smallest absolute Gasteiger partial charge is 0.104 e. The van der Waals surface area contributed by atoms with Crippen LogP contribution in [0.15, 0.2) is 40.9 Å². The summed E-state index contributed by atoms with van der Waals surface area (Å²) in [7, 11) is 0. The van der Waals surface area contributed by atoms with Crippen LogP contribution in [0.1, 0.15) is 5.56 Å². The zero-order valence-corrected chi connectivity index (χ0v) is 13.5. The van der Waals surface area contributed by atoms with Crippen LogP contribution in [-0.2, 0) is 0 Å². The van der Waals surface area contributed by atoms with E-state index in [0.717, 1.165) is 21.4 Å². The van der Waals surface area contributed by atoms with E-state index in [9.17, 15) is 0 Å². The van der Waals surface area contributed by atoms with E-state index in [4.69, 9.17) is 41.2 Å². The van der Waals surface area contributed by atoms with Gasteiger partial charge >= 0.3 is 0 Å². The number of thiocarbonyl (C=S) groups is 1. The Kier molecular flexibility index (Phi) is 4.68. The summed E-state index contributed by atoms with van der Waals surface area (Å²) in [6.07, 6.45) is 0. The summed E-state index contributed by atoms with van der Waals surface area (Å²) in [4.78, 5) is 0.320. The highest BCUT2D eigenvalue weighted by atomic mass is 79.9. The summed E-state index contributed by atoms with van der Waals surface area (Å²) >= 11 is 20.4. The molecule has 0 aliphatic rings. The van der Waals surface area contributed by atoms with Gasteiger partial charge in [-0.2, -0.15) is 0 Å². The fraction of sp³-hybridized carbons (Fsp3) is 0. The number of nitrogens with two attached hydrogens (primary N) is 1. The van der Waals surface area contributed by atoms with Gasteiger partial charge in [-0.15, -0.1) is 0 Å². The van der Waals surface area contributed by atoms with E-state index in [1.807, 2.05) is 18.2 Å². The van der Waals surface area contributed by atoms with Crippen LogP contribution in [-0.4, -0.2) is 4.99 Å². The topological polar surface area (TPSA) is 38.0 Å². The van der Waals surface area contributed by atoms with Gasteiger partial charge in [-0.05, 0) is 52.3 Å². The lowest BCUT2D eigenvalue weighted by atomic mass is 10.2. The highest BCUT2D eigenvalue weighted by Crippen LogP contribution is 2.32. The minimum absolute atomic E-state index is 0.320. The third kappa shape index (κ3) is 3.60. The molecule has 0 saturated carbocycles. The largest absolute Gasteiger partial charge is 0.389 e. The zero-order chi connectivity index (χ0) is 14.0. The molecule has 0 atom stereocenters. The van der Waals surface area contributed by atoms with Crippen molar-refractivity contribution in [1.29, 1.82) is 0 Å². The van der Waals surface area contributed by atoms with Gasteiger partial charge in [-0.1, -0.05) is 35.4 Å². The molecule has 2 aromatic rings. The first-order valence-corrected chi connectivity index (χ1v) is 7.24. The number of rotatable bonds is 3. The van der Waals surface area contributed by atoms with Crippen LogP contribution in [0, 0.1) is 0 Å². The van der Waals surface area contributed by atoms with Crippen LogP contribution in [0.3, 0.4) is 0 Å². The van der Waals surface area contributed by atoms with Gasteiger partial charge in [0.2, 0.25) is 0 Å². The van der Waals surface area contributed by atoms with Crippen molar-refractivity contribution in [2.24, 2.45) is 5.73 Å². The maximum absolute atomic E-state index is 6.19. The molecular weight excluding hydrogens is 367 g/mol. The van der Waals surface area contributed by atoms with Gasteiger partial charge in [0, 0.05) is 15.1 Å². The van der Waals surface area contributed by atoms with Gasteiger partial charge in [0.1, 0.15) is 4.99 Å². The Labute approximate surface area is 135 Å². The highest BCUT2D eigenvalue weighted by molar-refractivity contribution is 9.10. The van der Waals surface area contributed by atoms with Crippen LogP contribution in [0.4, 0.5) is 11.4 Å². The third-order valence-corrected chi connectivity index (χ3v) is 3.89. The monoisotopic (exact) mass is 374 g/mol. The number of nitrogens with one attached hydrogen (secondary N) is 1. The van der Waals surface area contributed by atoms with Gasteiger partial charge in [-0.3, -0.25) is 0 Å². The maximum Gasteiger partial charge on any atom is 0.104 e. The van der Waals surface area contributed by atoms with E-state index >= 15 is 0 Å². The number of anilines is 2. The van der Waals surface area contributed by atoms with Gasteiger partial charge in [-0.25, -0.2) is 0 Å². The predicted octanol–water partition coefficient (Wildman–Crippen LogP) is 5.13. The summed E-state index contributed by atoms with van der Waals surface area (Å²) < 4.78 is 0.856. The first kappa shape index (κ1) is 14.6. The molecule has 0 unspecified atom stereocenters. The Hall–Kier alpha value is -0.810. The molecule has 0 radical (unpaired) electrons. The molecule has 2 nitrogen and oxygen atoms in total. The molecule has 98 valence electrons. The van der Waals surface area contributed by atoms with E-state index in [0.29, 0.717) is 15.0 Å². The fourth-order valence-corrected chi connectivity index (χ4v) is 2.64. The molecule has 0 aliphatic carbocycles. The number of hydrogen-bond acceptors (Lipinski definition) is 2. The van der Waals surface area contributed by atoms with E-state index in [2.05, 4.69) is 21.2 Å². The van der Waals surface area contributed by atoms with Gasteiger partial charge in [0.25, 0.3) is 0 Å². The summed E-state index contributed by atoms with van der Waals surface area (Å²) in [5.74, 6) is 0. The number of hydrogen-bond donors (Lipinski definition) is 2. The summed E-state index contributed by atoms with van der Waals surface area (Å²) in [5.41, 5.74) is 7.93. The fourth-order valence-electron chi connectivity index (χ4n) is 1.51. The van der Waals surface area contributed by atoms with Crippen LogP contribution in [0.2, 0.25) is 10.0 Å². The van der Waals surface area contributed by atoms with Crippen molar-refractivity contribution in [1.82, 2.24) is 0 Å². The summed E-state index contributed by atoms with van der Waals surface area (Å²) in [5, 5.41) is 4.42. The summed E-state index contributed by atoms with van der Waals surface area (Å²) in [6.45, 7) is 0. The Balaban J connectivity index is 2.31. The van der Waals surface area contributed by atoms with Gasteiger partial charge < -0.3 is 11.1 Å². The quantitative estimate of drug-likeness (QED) is 0.730. The standard InChI is InChI=1S/C13H9BrCl2N2S/c14-9-6-8(15)2-4-11(9)18-12-3-1-7(13(17)19)5-10(12)16/h1-6,18H,(H2,17,19). The molecular formula is C13H9BrCl2N2S. The minimum Gasteiger partial charge on any atom is -0.389 e. The SMILES string of the molecule is NC(=S)c1ccc(Nc2ccc(Cl)cc2Br)c(Cl)c1. The van der Waals surface area contributed by atoms with Crippen molar-refractivity contribution in [2.75, 3.05) is 5.32 Å². The van der Waals surface area contributed by atoms with Crippen molar-refractivity contribution >= 4 is 67.7 Å². The van der Waals surface area contributed by atoms with Crippen LogP contribution >= 0.6 is 51.3 Å². The molecule has 2 aromatic carbocycles. The maximum atomic E-state index is 6.19. The second-order valence-corrected chi connectivity index (χ2v) is 5.95. The molecule has 0 spiro atoms. The lowest BCUT2D eigenvalue weighted by Gasteiger charge is -2.11. The molecule has 0 amide bonds. The molecule has 0 aliphatic heterocycles. The predicted molar refractivity (Wildman–Crippen MR) is 89.8 cm³/mol. The van der Waals surface area contributed by atoms with Crippen LogP contribution in [0.25, 0.3) is 0 Å². The van der Waals surface area contributed by atoms with Crippen LogP contribution < -0.4 is 11.1 Å². The number of halogens is 3. The second kappa shape index (κ2) is 6.09. The molecule has 3 N–H and O–H groups in total. The average molecular weight is 376 g/mol. The minimum atomic E-state index is 0.320. The Morgan fingerprint density at radius 1 is 1.11 bits per heavy atom. The van der Waals surface area contributed by atoms with Crippen molar-refractivity contribution < 1.29 is 0 Å². The third-order valence-electron chi connectivity index (χ3n) is 2.45. The first-order valence-electron chi connectivity index (χ1n) is 5.29. The van der Waals surface area contributed by atoms with Crippen molar-refractivity contribution in [2.45, 2.75) is 0 Å². The van der Waals surface area contributed by atoms with E-state index in [-0.39, 0.29) is 0 Å². The van der Waals surface area contributed by atoms with Crippen molar-refractivity contribution in [3.05, 3.63) is 56.5 Å². The Morgan fingerprint density at radius 2 is 1.79 bits per heavy atom. The van der Waals surface area contributed by atoms with E-state index in [1.165, 1.54) is 0 Å². The number of benzene rings is 2. The average Bonchev–Trinajstić information content (AvgIpc) is 2.34. The summed E-state index contributed by atoms with van der Waals surface area (Å²) in [6, 6.07) is 10.9. The van der Waals surface area contributed by atoms with Crippen LogP contribution in [0.5, 0.6) is 0 Å². The van der Waals surface area contributed by atoms with Crippen molar-refractivity contribution in [3.8, 4) is 0 Å². The van der Waals surface area contributed by atoms with Gasteiger partial charge in [0.05, 0.1) is 16.4 Å². The normalized spacial score (nSPS) is 10.3. The molecule has 0 heterocycles. The molecule has 0 aromatic heterocycles. The molecule has 6 heteroatoms. The second-order valence-electron chi connectivity index (χ2n) is 3.81. The van der Waals surface area contributed by atoms with Crippen molar-refractivity contribution in [3.63, 3.8) is 0 Å². The molecule has 0 bridgehead atoms. The molecule has 0 saturated heterocycles. The molecule has 0 fully saturated rings. The lowest BCUT2D eigenvalue weighted by molar-refractivity contribution is 1.51. The Bertz CT molecular complexity index is 647. The van der Waals surface area contributed by atoms with Gasteiger partial charge in [0.15, 0.2) is 0 Å².